The first-order chi connectivity index (χ1) is 8.95. The number of hydrogen-bond donors (Lipinski definition) is 1. The molecule has 1 aliphatic rings. The van der Waals surface area contributed by atoms with Crippen LogP contribution in [0.25, 0.3) is 6.08 Å². The van der Waals surface area contributed by atoms with Crippen molar-refractivity contribution in [1.29, 1.82) is 0 Å². The summed E-state index contributed by atoms with van der Waals surface area (Å²) >= 11 is 12.8. The van der Waals surface area contributed by atoms with Crippen molar-refractivity contribution in [2.24, 2.45) is 4.99 Å². The summed E-state index contributed by atoms with van der Waals surface area (Å²) in [5.41, 5.74) is 0.740. The Morgan fingerprint density at radius 3 is 2.74 bits per heavy atom. The summed E-state index contributed by atoms with van der Waals surface area (Å²) in [6.07, 6.45) is 1.65. The van der Waals surface area contributed by atoms with Gasteiger partial charge in [0.25, 0.3) is 5.91 Å². The highest BCUT2D eigenvalue weighted by Crippen LogP contribution is 2.29. The highest BCUT2D eigenvalue weighted by Gasteiger charge is 2.22. The Kier molecular flexibility index (Phi) is 4.29. The second-order valence-corrected chi connectivity index (χ2v) is 5.53. The van der Waals surface area contributed by atoms with Gasteiger partial charge >= 0.3 is 0 Å². The van der Waals surface area contributed by atoms with Crippen LogP contribution < -0.4 is 5.32 Å². The Bertz CT molecular complexity index is 626. The van der Waals surface area contributed by atoms with Crippen molar-refractivity contribution in [3.63, 3.8) is 0 Å². The molecule has 0 saturated heterocycles. The molecular weight excluding hydrogens is 307 g/mol. The van der Waals surface area contributed by atoms with Crippen molar-refractivity contribution >= 4 is 58.0 Å². The smallest absolute Gasteiger partial charge is 0.286 e. The molecule has 0 spiro atoms. The lowest BCUT2D eigenvalue weighted by Crippen LogP contribution is -2.23. The molecular formula is C12H8Cl2N2O2S. The highest BCUT2D eigenvalue weighted by atomic mass is 35.5. The highest BCUT2D eigenvalue weighted by molar-refractivity contribution is 8.18. The van der Waals surface area contributed by atoms with Gasteiger partial charge in [0.05, 0.1) is 15.0 Å². The zero-order chi connectivity index (χ0) is 14.0. The third-order valence-corrected chi connectivity index (χ3v) is 3.78. The number of aliphatic imine (C=N–C) groups is 1. The van der Waals surface area contributed by atoms with Crippen molar-refractivity contribution < 1.29 is 9.59 Å². The van der Waals surface area contributed by atoms with Crippen LogP contribution in [0.4, 0.5) is 0 Å². The van der Waals surface area contributed by atoms with Gasteiger partial charge in [-0.15, -0.1) is 0 Å². The molecule has 0 bridgehead atoms. The third-order valence-electron chi connectivity index (χ3n) is 2.14. The Morgan fingerprint density at radius 2 is 2.11 bits per heavy atom. The van der Waals surface area contributed by atoms with Crippen molar-refractivity contribution in [3.05, 3.63) is 38.7 Å². The van der Waals surface area contributed by atoms with Crippen molar-refractivity contribution in [2.75, 3.05) is 0 Å². The maximum absolute atomic E-state index is 11.6. The molecule has 0 atom stereocenters. The molecule has 0 fully saturated rings. The molecule has 1 aromatic carbocycles. The first kappa shape index (κ1) is 14.1. The molecule has 1 heterocycles. The average Bonchev–Trinajstić information content (AvgIpc) is 2.63. The summed E-state index contributed by atoms with van der Waals surface area (Å²) < 4.78 is 0. The molecule has 0 aliphatic carbocycles. The van der Waals surface area contributed by atoms with Gasteiger partial charge in [-0.05, 0) is 35.5 Å². The summed E-state index contributed by atoms with van der Waals surface area (Å²) in [6, 6.07) is 5.04. The lowest BCUT2D eigenvalue weighted by Gasteiger charge is -2.00. The molecule has 7 heteroatoms. The predicted octanol–water partition coefficient (Wildman–Crippen LogP) is 3.10. The van der Waals surface area contributed by atoms with E-state index in [-0.39, 0.29) is 17.0 Å². The Labute approximate surface area is 123 Å². The van der Waals surface area contributed by atoms with Crippen LogP contribution in [-0.4, -0.2) is 17.0 Å². The zero-order valence-corrected chi connectivity index (χ0v) is 12.1. The van der Waals surface area contributed by atoms with Crippen LogP contribution in [0.5, 0.6) is 0 Å². The van der Waals surface area contributed by atoms with E-state index in [0.717, 1.165) is 17.3 Å². The summed E-state index contributed by atoms with van der Waals surface area (Å²) in [6.45, 7) is 1.36. The second-order valence-electron chi connectivity index (χ2n) is 3.69. The van der Waals surface area contributed by atoms with Gasteiger partial charge in [-0.25, -0.2) is 0 Å². The maximum Gasteiger partial charge on any atom is 0.286 e. The number of benzene rings is 1. The number of rotatable bonds is 1. The molecule has 1 N–H and O–H groups in total. The van der Waals surface area contributed by atoms with Crippen molar-refractivity contribution in [3.8, 4) is 0 Å². The van der Waals surface area contributed by atoms with Crippen molar-refractivity contribution in [1.82, 2.24) is 5.32 Å². The van der Waals surface area contributed by atoms with Gasteiger partial charge in [0.15, 0.2) is 5.17 Å². The lowest BCUT2D eigenvalue weighted by molar-refractivity contribution is -0.117. The molecule has 4 nitrogen and oxygen atoms in total. The first-order valence-corrected chi connectivity index (χ1v) is 6.78. The number of halogens is 2. The van der Waals surface area contributed by atoms with E-state index in [1.54, 1.807) is 24.3 Å². The number of carbonyl (C=O) groups excluding carboxylic acids is 2. The lowest BCUT2D eigenvalue weighted by atomic mass is 10.2. The molecule has 0 radical (unpaired) electrons. The Balaban J connectivity index is 2.20. The number of nitrogens with zero attached hydrogens (tertiary/aromatic N) is 1. The van der Waals surface area contributed by atoms with E-state index in [0.29, 0.717) is 15.0 Å². The van der Waals surface area contributed by atoms with Crippen LogP contribution in [0.2, 0.25) is 10.0 Å². The van der Waals surface area contributed by atoms with E-state index in [4.69, 9.17) is 23.2 Å². The molecule has 2 rings (SSSR count). The van der Waals surface area contributed by atoms with E-state index in [2.05, 4.69) is 10.3 Å². The number of amides is 2. The van der Waals surface area contributed by atoms with Gasteiger partial charge in [0, 0.05) is 6.92 Å². The van der Waals surface area contributed by atoms with Crippen LogP contribution in [-0.2, 0) is 9.59 Å². The van der Waals surface area contributed by atoms with Gasteiger partial charge < -0.3 is 5.32 Å². The molecule has 1 aromatic rings. The summed E-state index contributed by atoms with van der Waals surface area (Å²) in [7, 11) is 0. The SMILES string of the molecule is CC(=O)NC1=NC(=O)/C(=C\c2ccc(Cl)c(Cl)c2)S1. The van der Waals surface area contributed by atoms with Crippen LogP contribution in [0.15, 0.2) is 28.1 Å². The van der Waals surface area contributed by atoms with Gasteiger partial charge in [0.2, 0.25) is 5.91 Å². The Morgan fingerprint density at radius 1 is 1.37 bits per heavy atom. The van der Waals surface area contributed by atoms with Gasteiger partial charge in [-0.3, -0.25) is 9.59 Å². The molecule has 0 unspecified atom stereocenters. The van der Waals surface area contributed by atoms with Gasteiger partial charge in [0.1, 0.15) is 0 Å². The van der Waals surface area contributed by atoms with Crippen LogP contribution in [0.1, 0.15) is 12.5 Å². The van der Waals surface area contributed by atoms with E-state index in [1.165, 1.54) is 6.92 Å². The maximum atomic E-state index is 11.6. The van der Waals surface area contributed by atoms with Crippen LogP contribution in [0, 0.1) is 0 Å². The number of nitrogens with one attached hydrogen (secondary N) is 1. The number of thioether (sulfide) groups is 1. The van der Waals surface area contributed by atoms with E-state index < -0.39 is 0 Å². The fraction of sp³-hybridized carbons (Fsp3) is 0.0833. The molecule has 98 valence electrons. The van der Waals surface area contributed by atoms with E-state index in [9.17, 15) is 9.59 Å². The minimum atomic E-state index is -0.389. The molecule has 0 aromatic heterocycles. The minimum absolute atomic E-state index is 0.269. The zero-order valence-electron chi connectivity index (χ0n) is 9.74. The largest absolute Gasteiger partial charge is 0.305 e. The fourth-order valence-corrected chi connectivity index (χ4v) is 2.53. The van der Waals surface area contributed by atoms with Crippen LogP contribution >= 0.6 is 35.0 Å². The third kappa shape index (κ3) is 3.59. The second kappa shape index (κ2) is 5.77. The number of carbonyl (C=O) groups is 2. The fourth-order valence-electron chi connectivity index (χ4n) is 1.37. The van der Waals surface area contributed by atoms with Crippen molar-refractivity contribution in [2.45, 2.75) is 6.92 Å². The van der Waals surface area contributed by atoms with Gasteiger partial charge in [-0.1, -0.05) is 29.3 Å². The monoisotopic (exact) mass is 314 g/mol. The molecule has 2 amide bonds. The quantitative estimate of drug-likeness (QED) is 0.810. The number of amidine groups is 1. The summed E-state index contributed by atoms with van der Waals surface area (Å²) in [5.74, 6) is -0.658. The first-order valence-electron chi connectivity index (χ1n) is 5.21. The van der Waals surface area contributed by atoms with Crippen LogP contribution in [0.3, 0.4) is 0 Å². The average molecular weight is 315 g/mol. The van der Waals surface area contributed by atoms with E-state index in [1.807, 2.05) is 0 Å². The Hall–Kier alpha value is -1.30. The normalized spacial score (nSPS) is 16.7. The van der Waals surface area contributed by atoms with E-state index >= 15 is 0 Å². The predicted molar refractivity (Wildman–Crippen MR) is 78.3 cm³/mol. The molecule has 0 saturated carbocycles. The topological polar surface area (TPSA) is 58.5 Å². The standard InChI is InChI=1S/C12H8Cl2N2O2S/c1-6(17)15-12-16-11(18)10(19-12)5-7-2-3-8(13)9(14)4-7/h2-5H,1H3,(H,15,16,17,18)/b10-5+. The number of hydrogen-bond acceptors (Lipinski definition) is 3. The molecule has 1 aliphatic heterocycles. The van der Waals surface area contributed by atoms with Gasteiger partial charge in [-0.2, -0.15) is 4.99 Å². The molecule has 19 heavy (non-hydrogen) atoms. The minimum Gasteiger partial charge on any atom is -0.305 e. The summed E-state index contributed by atoms with van der Waals surface area (Å²) in [4.78, 5) is 26.7. The summed E-state index contributed by atoms with van der Waals surface area (Å²) in [5, 5.41) is 3.61.